The van der Waals surface area contributed by atoms with Crippen molar-refractivity contribution in [1.82, 2.24) is 0 Å². The summed E-state index contributed by atoms with van der Waals surface area (Å²) in [6.07, 6.45) is 3.55. The van der Waals surface area contributed by atoms with E-state index in [0.29, 0.717) is 6.61 Å². The highest BCUT2D eigenvalue weighted by molar-refractivity contribution is 5.33. The van der Waals surface area contributed by atoms with E-state index in [1.54, 1.807) is 0 Å². The highest BCUT2D eigenvalue weighted by atomic mass is 16.5. The van der Waals surface area contributed by atoms with Gasteiger partial charge in [0.2, 0.25) is 0 Å². The molecule has 0 saturated heterocycles. The van der Waals surface area contributed by atoms with Gasteiger partial charge >= 0.3 is 0 Å². The molecule has 0 radical (unpaired) electrons. The van der Waals surface area contributed by atoms with Gasteiger partial charge in [-0.3, -0.25) is 0 Å². The zero-order valence-electron chi connectivity index (χ0n) is 9.36. The molecule has 1 fully saturated rings. The van der Waals surface area contributed by atoms with E-state index in [2.05, 4.69) is 11.8 Å². The summed E-state index contributed by atoms with van der Waals surface area (Å²) < 4.78 is 5.64. The molecule has 2 rings (SSSR count). The van der Waals surface area contributed by atoms with E-state index in [1.165, 1.54) is 6.42 Å². The maximum absolute atomic E-state index is 5.90. The van der Waals surface area contributed by atoms with Gasteiger partial charge in [-0.15, -0.1) is 0 Å². The Labute approximate surface area is 96.8 Å². The van der Waals surface area contributed by atoms with E-state index >= 15 is 0 Å². The van der Waals surface area contributed by atoms with Gasteiger partial charge in [0.1, 0.15) is 6.61 Å². The molecule has 0 bridgehead atoms. The van der Waals surface area contributed by atoms with Crippen molar-refractivity contribution in [2.45, 2.75) is 31.4 Å². The van der Waals surface area contributed by atoms with Crippen molar-refractivity contribution in [2.24, 2.45) is 5.73 Å². The number of nitrogens with two attached hydrogens (primary N) is 1. The molecule has 2 heteroatoms. The molecule has 1 aromatic rings. The van der Waals surface area contributed by atoms with Crippen LogP contribution < -0.4 is 5.73 Å². The maximum Gasteiger partial charge on any atom is 0.108 e. The zero-order chi connectivity index (χ0) is 11.2. The lowest BCUT2D eigenvalue weighted by molar-refractivity contribution is 0.0721. The van der Waals surface area contributed by atoms with Gasteiger partial charge in [0.05, 0.1) is 6.10 Å². The normalized spacial score (nSPS) is 23.8. The molecule has 0 aromatic heterocycles. The van der Waals surface area contributed by atoms with Crippen molar-refractivity contribution in [1.29, 1.82) is 0 Å². The van der Waals surface area contributed by atoms with Gasteiger partial charge in [-0.25, -0.2) is 0 Å². The van der Waals surface area contributed by atoms with Crippen molar-refractivity contribution in [3.05, 3.63) is 35.9 Å². The standard InChI is InChI=1S/C14H17NO/c15-13-9-4-10-14(13)16-11-5-8-12-6-2-1-3-7-12/h1-3,6-7,13-14H,4,9-11,15H2. The fourth-order valence-electron chi connectivity index (χ4n) is 1.97. The van der Waals surface area contributed by atoms with E-state index in [-0.39, 0.29) is 12.1 Å². The summed E-state index contributed by atoms with van der Waals surface area (Å²) >= 11 is 0. The second-order valence-electron chi connectivity index (χ2n) is 4.11. The minimum Gasteiger partial charge on any atom is -0.364 e. The number of hydrogen-bond donors (Lipinski definition) is 1. The molecule has 1 saturated carbocycles. The minimum atomic E-state index is 0.207. The van der Waals surface area contributed by atoms with Crippen LogP contribution in [0.1, 0.15) is 24.8 Å². The van der Waals surface area contributed by atoms with E-state index in [0.717, 1.165) is 18.4 Å². The molecule has 0 heterocycles. The van der Waals surface area contributed by atoms with Crippen LogP contribution in [0.3, 0.4) is 0 Å². The van der Waals surface area contributed by atoms with Gasteiger partial charge in [-0.2, -0.15) is 0 Å². The number of benzene rings is 1. The molecule has 2 nitrogen and oxygen atoms in total. The molecule has 0 amide bonds. The van der Waals surface area contributed by atoms with Crippen LogP contribution in [-0.2, 0) is 4.74 Å². The Hall–Kier alpha value is -1.30. The fourth-order valence-corrected chi connectivity index (χ4v) is 1.97. The van der Waals surface area contributed by atoms with Crippen molar-refractivity contribution in [3.8, 4) is 11.8 Å². The van der Waals surface area contributed by atoms with Gasteiger partial charge < -0.3 is 10.5 Å². The topological polar surface area (TPSA) is 35.2 Å². The summed E-state index contributed by atoms with van der Waals surface area (Å²) in [5, 5.41) is 0. The largest absolute Gasteiger partial charge is 0.364 e. The van der Waals surface area contributed by atoms with E-state index in [4.69, 9.17) is 10.5 Å². The van der Waals surface area contributed by atoms with E-state index < -0.39 is 0 Å². The Balaban J connectivity index is 1.78. The first kappa shape index (κ1) is 11.2. The van der Waals surface area contributed by atoms with Gasteiger partial charge in [0.15, 0.2) is 0 Å². The smallest absolute Gasteiger partial charge is 0.108 e. The predicted molar refractivity (Wildman–Crippen MR) is 64.9 cm³/mol. The van der Waals surface area contributed by atoms with E-state index in [1.807, 2.05) is 30.3 Å². The lowest BCUT2D eigenvalue weighted by Gasteiger charge is -2.13. The number of rotatable bonds is 2. The summed E-state index contributed by atoms with van der Waals surface area (Å²) in [4.78, 5) is 0. The van der Waals surface area contributed by atoms with Crippen LogP contribution in [0.4, 0.5) is 0 Å². The second-order valence-corrected chi connectivity index (χ2v) is 4.11. The number of hydrogen-bond acceptors (Lipinski definition) is 2. The van der Waals surface area contributed by atoms with Gasteiger partial charge in [-0.05, 0) is 31.4 Å². The average Bonchev–Trinajstić information content (AvgIpc) is 2.72. The molecule has 1 aliphatic carbocycles. The first-order chi connectivity index (χ1) is 7.86. The molecule has 0 spiro atoms. The Bertz CT molecular complexity index is 377. The third-order valence-electron chi connectivity index (χ3n) is 2.88. The first-order valence-corrected chi connectivity index (χ1v) is 5.77. The van der Waals surface area contributed by atoms with Crippen molar-refractivity contribution >= 4 is 0 Å². The van der Waals surface area contributed by atoms with Gasteiger partial charge in [-0.1, -0.05) is 30.0 Å². The molecule has 0 aliphatic heterocycles. The van der Waals surface area contributed by atoms with Crippen LogP contribution in [-0.4, -0.2) is 18.8 Å². The molecule has 1 aromatic carbocycles. The van der Waals surface area contributed by atoms with E-state index in [9.17, 15) is 0 Å². The zero-order valence-corrected chi connectivity index (χ0v) is 9.36. The SMILES string of the molecule is NC1CCCC1OCC#Cc1ccccc1. The summed E-state index contributed by atoms with van der Waals surface area (Å²) in [5.74, 6) is 6.09. The monoisotopic (exact) mass is 215 g/mol. The van der Waals surface area contributed by atoms with Gasteiger partial charge in [0.25, 0.3) is 0 Å². The van der Waals surface area contributed by atoms with Gasteiger partial charge in [0, 0.05) is 11.6 Å². The number of ether oxygens (including phenoxy) is 1. The molecule has 2 atom stereocenters. The highest BCUT2D eigenvalue weighted by Gasteiger charge is 2.23. The van der Waals surface area contributed by atoms with Crippen LogP contribution in [0.25, 0.3) is 0 Å². The van der Waals surface area contributed by atoms with Crippen LogP contribution >= 0.6 is 0 Å². The second kappa shape index (κ2) is 5.69. The summed E-state index contributed by atoms with van der Waals surface area (Å²) in [6, 6.07) is 10.1. The minimum absolute atomic E-state index is 0.207. The quantitative estimate of drug-likeness (QED) is 0.765. The van der Waals surface area contributed by atoms with Crippen molar-refractivity contribution in [2.75, 3.05) is 6.61 Å². The molecule has 1 aliphatic rings. The lowest BCUT2D eigenvalue weighted by atomic mass is 10.2. The molecule has 84 valence electrons. The van der Waals surface area contributed by atoms with Crippen molar-refractivity contribution in [3.63, 3.8) is 0 Å². The van der Waals surface area contributed by atoms with Crippen LogP contribution in [0.2, 0.25) is 0 Å². The Morgan fingerprint density at radius 2 is 2.06 bits per heavy atom. The average molecular weight is 215 g/mol. The Morgan fingerprint density at radius 3 is 2.75 bits per heavy atom. The Morgan fingerprint density at radius 1 is 1.25 bits per heavy atom. The molecule has 2 N–H and O–H groups in total. The van der Waals surface area contributed by atoms with Crippen molar-refractivity contribution < 1.29 is 4.74 Å². The molecule has 2 unspecified atom stereocenters. The highest BCUT2D eigenvalue weighted by Crippen LogP contribution is 2.19. The van der Waals surface area contributed by atoms with Crippen LogP contribution in [0.15, 0.2) is 30.3 Å². The Kier molecular flexibility index (Phi) is 3.98. The van der Waals surface area contributed by atoms with Crippen LogP contribution in [0, 0.1) is 11.8 Å². The molecular weight excluding hydrogens is 198 g/mol. The fraction of sp³-hybridized carbons (Fsp3) is 0.429. The third kappa shape index (κ3) is 3.10. The summed E-state index contributed by atoms with van der Waals surface area (Å²) in [5.41, 5.74) is 6.93. The maximum atomic E-state index is 5.90. The molecular formula is C14H17NO. The predicted octanol–water partition coefficient (Wildman–Crippen LogP) is 1.93. The first-order valence-electron chi connectivity index (χ1n) is 5.77. The lowest BCUT2D eigenvalue weighted by Crippen LogP contribution is -2.31. The summed E-state index contributed by atoms with van der Waals surface area (Å²) in [7, 11) is 0. The molecule has 16 heavy (non-hydrogen) atoms. The van der Waals surface area contributed by atoms with Crippen LogP contribution in [0.5, 0.6) is 0 Å². The third-order valence-corrected chi connectivity index (χ3v) is 2.88. The summed E-state index contributed by atoms with van der Waals surface area (Å²) in [6.45, 7) is 0.479.